The maximum absolute atomic E-state index is 14.9. The topological polar surface area (TPSA) is 92.6 Å². The first-order valence-electron chi connectivity index (χ1n) is 12.3. The van der Waals surface area contributed by atoms with Gasteiger partial charge in [-0.25, -0.2) is 9.37 Å². The number of pyridine rings is 1. The van der Waals surface area contributed by atoms with Gasteiger partial charge in [0.05, 0.1) is 22.3 Å². The number of ketones is 1. The lowest BCUT2D eigenvalue weighted by Gasteiger charge is -2.31. The third-order valence-corrected chi connectivity index (χ3v) is 7.78. The molecular weight excluding hydrogens is 481 g/mol. The number of aliphatic hydroxyl groups is 1. The van der Waals surface area contributed by atoms with Gasteiger partial charge in [0.25, 0.3) is 5.91 Å². The maximum Gasteiger partial charge on any atom is 0.256 e. The molecule has 0 spiro atoms. The summed E-state index contributed by atoms with van der Waals surface area (Å²) < 4.78 is 25.3. The highest BCUT2D eigenvalue weighted by Gasteiger charge is 2.31. The number of carbonyl (C=O) groups excluding carboxylic acids is 2. The predicted octanol–water partition coefficient (Wildman–Crippen LogP) is 4.92. The molecule has 188 valence electrons. The van der Waals surface area contributed by atoms with Gasteiger partial charge < -0.3 is 14.7 Å². The van der Waals surface area contributed by atoms with Crippen molar-refractivity contribution in [3.8, 4) is 17.0 Å². The van der Waals surface area contributed by atoms with Crippen LogP contribution in [0.3, 0.4) is 0 Å². The summed E-state index contributed by atoms with van der Waals surface area (Å²) in [6.07, 6.45) is 4.58. The smallest absolute Gasteiger partial charge is 0.256 e. The second-order valence-corrected chi connectivity index (χ2v) is 10.3. The molecule has 3 heterocycles. The molecule has 0 bridgehead atoms. The minimum atomic E-state index is -0.576. The molecule has 0 radical (unpaired) electrons. The Morgan fingerprint density at radius 1 is 1.17 bits per heavy atom. The molecule has 1 N–H and O–H groups in total. The molecule has 2 aromatic heterocycles. The molecular formula is C27H28FN3O4S. The first-order chi connectivity index (χ1) is 17.4. The van der Waals surface area contributed by atoms with E-state index in [0.29, 0.717) is 35.8 Å². The number of Topliss-reactive ketones (excluding diaryl/α,β-unsaturated/α-hetero) is 1. The lowest BCUT2D eigenvalue weighted by molar-refractivity contribution is 0.0646. The highest BCUT2D eigenvalue weighted by Crippen LogP contribution is 2.33. The normalized spacial score (nSPS) is 17.1. The van der Waals surface area contributed by atoms with Crippen molar-refractivity contribution in [1.82, 2.24) is 14.3 Å². The van der Waals surface area contributed by atoms with E-state index >= 15 is 0 Å². The van der Waals surface area contributed by atoms with E-state index in [1.807, 2.05) is 13.0 Å². The van der Waals surface area contributed by atoms with Gasteiger partial charge in [-0.2, -0.15) is 4.37 Å². The van der Waals surface area contributed by atoms with Gasteiger partial charge in [0.15, 0.2) is 5.78 Å². The van der Waals surface area contributed by atoms with E-state index < -0.39 is 5.82 Å². The molecule has 1 aliphatic carbocycles. The third kappa shape index (κ3) is 5.32. The van der Waals surface area contributed by atoms with Gasteiger partial charge >= 0.3 is 0 Å². The zero-order valence-corrected chi connectivity index (χ0v) is 20.8. The van der Waals surface area contributed by atoms with Crippen LogP contribution in [0.2, 0.25) is 0 Å². The number of halogens is 1. The van der Waals surface area contributed by atoms with Crippen LogP contribution in [0.25, 0.3) is 11.3 Å². The Labute approximate surface area is 213 Å². The van der Waals surface area contributed by atoms with Crippen LogP contribution in [0.4, 0.5) is 4.39 Å². The van der Waals surface area contributed by atoms with Crippen LogP contribution >= 0.6 is 11.5 Å². The van der Waals surface area contributed by atoms with Crippen LogP contribution in [0.1, 0.15) is 64.4 Å². The van der Waals surface area contributed by atoms with E-state index in [4.69, 9.17) is 4.74 Å². The van der Waals surface area contributed by atoms with Crippen molar-refractivity contribution >= 4 is 23.2 Å². The van der Waals surface area contributed by atoms with E-state index in [1.165, 1.54) is 23.7 Å². The van der Waals surface area contributed by atoms with Gasteiger partial charge in [-0.05, 0) is 80.4 Å². The summed E-state index contributed by atoms with van der Waals surface area (Å²) in [5.41, 5.74) is 1.71. The number of amides is 1. The Kier molecular flexibility index (Phi) is 7.11. The van der Waals surface area contributed by atoms with Gasteiger partial charge in [0.2, 0.25) is 0 Å². The lowest BCUT2D eigenvalue weighted by atomic mass is 9.97. The van der Waals surface area contributed by atoms with E-state index in [-0.39, 0.29) is 41.8 Å². The minimum Gasteiger partial charge on any atom is -0.484 e. The number of likely N-dealkylation sites (tertiary alicyclic amines) is 1. The Morgan fingerprint density at radius 3 is 2.58 bits per heavy atom. The molecule has 9 heteroatoms. The van der Waals surface area contributed by atoms with Crippen molar-refractivity contribution in [3.63, 3.8) is 0 Å². The Hall–Kier alpha value is -3.17. The third-order valence-electron chi connectivity index (χ3n) is 6.83. The van der Waals surface area contributed by atoms with Crippen molar-refractivity contribution in [2.75, 3.05) is 19.7 Å². The summed E-state index contributed by atoms with van der Waals surface area (Å²) in [4.78, 5) is 31.7. The Morgan fingerprint density at radius 2 is 1.94 bits per heavy atom. The summed E-state index contributed by atoms with van der Waals surface area (Å²) >= 11 is 1.27. The first-order valence-corrected chi connectivity index (χ1v) is 13.0. The molecule has 1 unspecified atom stereocenters. The lowest BCUT2D eigenvalue weighted by Crippen LogP contribution is -2.39. The zero-order chi connectivity index (χ0) is 25.2. The second kappa shape index (κ2) is 10.4. The summed E-state index contributed by atoms with van der Waals surface area (Å²) in [7, 11) is 0. The molecule has 1 saturated carbocycles. The average molecular weight is 510 g/mol. The molecule has 3 aromatic rings. The molecule has 2 aliphatic rings. The van der Waals surface area contributed by atoms with Crippen LogP contribution in [0.15, 0.2) is 42.6 Å². The SMILES string of the molecule is CC(Oc1ccc(C(=O)C2CC2)nc1)c1cc(-c2ccc(C(=O)N3CCC(CO)CC3)c(F)c2)ns1. The zero-order valence-electron chi connectivity index (χ0n) is 20.0. The number of aliphatic hydroxyl groups excluding tert-OH is 1. The van der Waals surface area contributed by atoms with Crippen LogP contribution in [0, 0.1) is 17.7 Å². The van der Waals surface area contributed by atoms with Crippen molar-refractivity contribution in [2.45, 2.75) is 38.7 Å². The largest absolute Gasteiger partial charge is 0.484 e. The molecule has 2 fully saturated rings. The van der Waals surface area contributed by atoms with Gasteiger partial charge in [0, 0.05) is 31.2 Å². The standard InChI is InChI=1S/C27H28FN3O4S/c1-16(35-20-5-7-23(29-14-20)26(33)18-2-3-18)25-13-24(30-36-25)19-4-6-21(22(28)12-19)27(34)31-10-8-17(15-32)9-11-31/h4-7,12-14,16-18,32H,2-3,8-11,15H2,1H3. The second-order valence-electron chi connectivity index (χ2n) is 9.51. The highest BCUT2D eigenvalue weighted by molar-refractivity contribution is 7.06. The fourth-order valence-corrected chi connectivity index (χ4v) is 5.09. The van der Waals surface area contributed by atoms with Gasteiger partial charge in [-0.15, -0.1) is 0 Å². The molecule has 1 atom stereocenters. The summed E-state index contributed by atoms with van der Waals surface area (Å²) in [6, 6.07) is 9.86. The number of benzene rings is 1. The molecule has 1 saturated heterocycles. The minimum absolute atomic E-state index is 0.0458. The number of ether oxygens (including phenoxy) is 1. The molecule has 7 nitrogen and oxygen atoms in total. The van der Waals surface area contributed by atoms with E-state index in [1.54, 1.807) is 29.3 Å². The number of nitrogens with zero attached hydrogens (tertiary/aromatic N) is 3. The van der Waals surface area contributed by atoms with E-state index in [9.17, 15) is 19.1 Å². The summed E-state index contributed by atoms with van der Waals surface area (Å²) in [5.74, 6) is 0.0796. The van der Waals surface area contributed by atoms with E-state index in [0.717, 1.165) is 30.6 Å². The fraction of sp³-hybridized carbons (Fsp3) is 0.407. The number of carbonyl (C=O) groups is 2. The van der Waals surface area contributed by atoms with Crippen molar-refractivity contribution in [3.05, 3.63) is 64.5 Å². The summed E-state index contributed by atoms with van der Waals surface area (Å²) in [6.45, 7) is 3.05. The van der Waals surface area contributed by atoms with Crippen LogP contribution < -0.4 is 4.74 Å². The molecule has 36 heavy (non-hydrogen) atoms. The fourth-order valence-electron chi connectivity index (χ4n) is 4.37. The molecule has 1 amide bonds. The molecule has 1 aromatic carbocycles. The molecule has 1 aliphatic heterocycles. The Balaban J connectivity index is 1.23. The van der Waals surface area contributed by atoms with Gasteiger partial charge in [-0.3, -0.25) is 9.59 Å². The predicted molar refractivity (Wildman–Crippen MR) is 134 cm³/mol. The van der Waals surface area contributed by atoms with Crippen molar-refractivity contribution < 1.29 is 23.8 Å². The van der Waals surface area contributed by atoms with Gasteiger partial charge in [0.1, 0.15) is 23.4 Å². The van der Waals surface area contributed by atoms with Gasteiger partial charge in [-0.1, -0.05) is 6.07 Å². The van der Waals surface area contributed by atoms with E-state index in [2.05, 4.69) is 9.36 Å². The first kappa shape index (κ1) is 24.5. The summed E-state index contributed by atoms with van der Waals surface area (Å²) in [5, 5.41) is 9.28. The van der Waals surface area contributed by atoms with Crippen LogP contribution in [-0.4, -0.2) is 50.8 Å². The maximum atomic E-state index is 14.9. The average Bonchev–Trinajstić information content (AvgIpc) is 3.64. The number of rotatable bonds is 8. The number of aromatic nitrogens is 2. The van der Waals surface area contributed by atoms with Crippen molar-refractivity contribution in [1.29, 1.82) is 0 Å². The number of hydrogen-bond acceptors (Lipinski definition) is 7. The van der Waals surface area contributed by atoms with Crippen molar-refractivity contribution in [2.24, 2.45) is 11.8 Å². The highest BCUT2D eigenvalue weighted by atomic mass is 32.1. The van der Waals surface area contributed by atoms with Crippen LogP contribution in [-0.2, 0) is 0 Å². The number of hydrogen-bond donors (Lipinski definition) is 1. The monoisotopic (exact) mass is 509 g/mol. The Bertz CT molecular complexity index is 1250. The molecule has 5 rings (SSSR count). The number of piperidine rings is 1. The van der Waals surface area contributed by atoms with Crippen LogP contribution in [0.5, 0.6) is 5.75 Å². The quantitative estimate of drug-likeness (QED) is 0.433.